The molecule has 0 radical (unpaired) electrons. The fraction of sp³-hybridized carbons (Fsp3) is 0.854. The van der Waals surface area contributed by atoms with Gasteiger partial charge in [0.05, 0.1) is 13.2 Å². The first-order valence-corrected chi connectivity index (χ1v) is 22.3. The van der Waals surface area contributed by atoms with Crippen molar-refractivity contribution >= 4 is 19.8 Å². The van der Waals surface area contributed by atoms with Gasteiger partial charge >= 0.3 is 19.8 Å². The van der Waals surface area contributed by atoms with Gasteiger partial charge in [-0.05, 0) is 64.2 Å². The van der Waals surface area contributed by atoms with Gasteiger partial charge in [-0.3, -0.25) is 18.6 Å². The number of carbonyl (C=O) groups excluding carboxylic acids is 2. The van der Waals surface area contributed by atoms with E-state index in [1.165, 1.54) is 96.3 Å². The molecule has 0 saturated heterocycles. The first-order chi connectivity index (χ1) is 24.8. The normalized spacial score (nSPS) is 13.6. The van der Waals surface area contributed by atoms with E-state index in [-0.39, 0.29) is 32.6 Å². The number of phosphoric ester groups is 1. The van der Waals surface area contributed by atoms with Crippen LogP contribution in [0.2, 0.25) is 0 Å². The summed E-state index contributed by atoms with van der Waals surface area (Å²) in [6.45, 7) is 3.70. The SMILES string of the molecule is CCCCCCC=CCCCCCCCCCC(=O)O[C@H](COC(=O)CCCCCCCC=CCCCCCCCC)COP(=O)(O)OCCN. The number of allylic oxidation sites excluding steroid dienone is 4. The second-order valence-corrected chi connectivity index (χ2v) is 15.3. The molecule has 0 rings (SSSR count). The molecule has 0 amide bonds. The van der Waals surface area contributed by atoms with Gasteiger partial charge in [0, 0.05) is 19.4 Å². The number of hydrogen-bond acceptors (Lipinski definition) is 8. The van der Waals surface area contributed by atoms with Crippen LogP contribution in [-0.2, 0) is 32.7 Å². The average molecular weight is 744 g/mol. The molecule has 0 aliphatic rings. The van der Waals surface area contributed by atoms with Crippen LogP contribution in [0.25, 0.3) is 0 Å². The van der Waals surface area contributed by atoms with Crippen LogP contribution in [0.3, 0.4) is 0 Å². The van der Waals surface area contributed by atoms with Crippen molar-refractivity contribution in [3.05, 3.63) is 24.3 Å². The maximum Gasteiger partial charge on any atom is 0.472 e. The molecule has 10 heteroatoms. The lowest BCUT2D eigenvalue weighted by Gasteiger charge is -2.19. The Morgan fingerprint density at radius 3 is 1.41 bits per heavy atom. The highest BCUT2D eigenvalue weighted by atomic mass is 31.2. The summed E-state index contributed by atoms with van der Waals surface area (Å²) in [5.41, 5.74) is 5.34. The molecule has 3 N–H and O–H groups in total. The van der Waals surface area contributed by atoms with E-state index in [4.69, 9.17) is 24.3 Å². The van der Waals surface area contributed by atoms with Gasteiger partial charge in [-0.15, -0.1) is 0 Å². The zero-order valence-corrected chi connectivity index (χ0v) is 33.7. The third kappa shape index (κ3) is 38.0. The van der Waals surface area contributed by atoms with E-state index in [1.54, 1.807) is 0 Å². The van der Waals surface area contributed by atoms with Gasteiger partial charge in [0.2, 0.25) is 0 Å². The minimum atomic E-state index is -4.37. The van der Waals surface area contributed by atoms with Crippen molar-refractivity contribution in [2.75, 3.05) is 26.4 Å². The van der Waals surface area contributed by atoms with Gasteiger partial charge in [-0.2, -0.15) is 0 Å². The van der Waals surface area contributed by atoms with E-state index in [0.717, 1.165) is 64.2 Å². The summed E-state index contributed by atoms with van der Waals surface area (Å²) in [4.78, 5) is 34.8. The quantitative estimate of drug-likeness (QED) is 0.0273. The van der Waals surface area contributed by atoms with Crippen molar-refractivity contribution in [1.29, 1.82) is 0 Å². The number of ether oxygens (including phenoxy) is 2. The smallest absolute Gasteiger partial charge is 0.462 e. The standard InChI is InChI=1S/C41H78NO8P/c1-3-5-7-9-11-13-15-17-19-21-23-25-27-29-31-33-40(43)47-37-39(38-49-51(45,46)48-36-35-42)50-41(44)34-32-30-28-26-24-22-20-18-16-14-12-10-8-6-4-2/h14,16-17,19,39H,3-13,15,18,20-38,42H2,1-2H3,(H,45,46)/t39-/m1/s1. The second-order valence-electron chi connectivity index (χ2n) is 13.8. The maximum atomic E-state index is 12.5. The van der Waals surface area contributed by atoms with Crippen molar-refractivity contribution in [3.63, 3.8) is 0 Å². The molecule has 0 bridgehead atoms. The van der Waals surface area contributed by atoms with E-state index >= 15 is 0 Å². The summed E-state index contributed by atoms with van der Waals surface area (Å²) in [5, 5.41) is 0. The molecular formula is C41H78NO8P. The van der Waals surface area contributed by atoms with Crippen molar-refractivity contribution in [1.82, 2.24) is 0 Å². The molecule has 0 aliphatic carbocycles. The average Bonchev–Trinajstić information content (AvgIpc) is 3.11. The van der Waals surface area contributed by atoms with Gasteiger partial charge in [-0.1, -0.05) is 141 Å². The summed E-state index contributed by atoms with van der Waals surface area (Å²) in [5.74, 6) is -0.840. The molecule has 2 atom stereocenters. The summed E-state index contributed by atoms with van der Waals surface area (Å²) in [6.07, 6.45) is 39.1. The Bertz CT molecular complexity index is 897. The van der Waals surface area contributed by atoms with Crippen molar-refractivity contribution in [2.45, 2.75) is 200 Å². The molecule has 0 aromatic heterocycles. The highest BCUT2D eigenvalue weighted by Gasteiger charge is 2.26. The predicted octanol–water partition coefficient (Wildman–Crippen LogP) is 11.6. The Hall–Kier alpha value is -1.51. The molecule has 1 unspecified atom stereocenters. The lowest BCUT2D eigenvalue weighted by Crippen LogP contribution is -2.29. The second kappa shape index (κ2) is 38.2. The zero-order valence-electron chi connectivity index (χ0n) is 32.8. The number of hydrogen-bond donors (Lipinski definition) is 2. The third-order valence-electron chi connectivity index (χ3n) is 8.81. The molecule has 51 heavy (non-hydrogen) atoms. The molecule has 9 nitrogen and oxygen atoms in total. The third-order valence-corrected chi connectivity index (χ3v) is 9.79. The van der Waals surface area contributed by atoms with Gasteiger partial charge in [0.25, 0.3) is 0 Å². The van der Waals surface area contributed by atoms with Crippen LogP contribution in [-0.4, -0.2) is 49.3 Å². The summed E-state index contributed by atoms with van der Waals surface area (Å²) < 4.78 is 32.7. The number of nitrogens with two attached hydrogens (primary N) is 1. The molecule has 0 heterocycles. The van der Waals surface area contributed by atoms with E-state index in [2.05, 4.69) is 38.2 Å². The molecule has 0 aromatic carbocycles. The molecule has 0 saturated carbocycles. The van der Waals surface area contributed by atoms with Gasteiger partial charge < -0.3 is 20.1 Å². The fourth-order valence-corrected chi connectivity index (χ4v) is 6.45. The highest BCUT2D eigenvalue weighted by molar-refractivity contribution is 7.47. The predicted molar refractivity (Wildman–Crippen MR) is 211 cm³/mol. The number of phosphoric acid groups is 1. The van der Waals surface area contributed by atoms with Crippen LogP contribution >= 0.6 is 7.82 Å². The zero-order chi connectivity index (χ0) is 37.5. The molecule has 0 spiro atoms. The van der Waals surface area contributed by atoms with Crippen molar-refractivity contribution < 1.29 is 37.6 Å². The molecule has 0 aromatic rings. The summed E-state index contributed by atoms with van der Waals surface area (Å²) in [6, 6.07) is 0. The Balaban J connectivity index is 4.19. The number of carbonyl (C=O) groups is 2. The fourth-order valence-electron chi connectivity index (χ4n) is 5.68. The van der Waals surface area contributed by atoms with E-state index < -0.39 is 32.5 Å². The van der Waals surface area contributed by atoms with E-state index in [1.807, 2.05) is 0 Å². The Morgan fingerprint density at radius 2 is 0.961 bits per heavy atom. The maximum absolute atomic E-state index is 12.5. The van der Waals surface area contributed by atoms with Crippen LogP contribution in [0.1, 0.15) is 194 Å². The van der Waals surface area contributed by atoms with Gasteiger partial charge in [0.1, 0.15) is 6.61 Å². The topological polar surface area (TPSA) is 134 Å². The van der Waals surface area contributed by atoms with Gasteiger partial charge in [-0.25, -0.2) is 4.57 Å². The summed E-state index contributed by atoms with van der Waals surface area (Å²) >= 11 is 0. The highest BCUT2D eigenvalue weighted by Crippen LogP contribution is 2.43. The monoisotopic (exact) mass is 744 g/mol. The Morgan fingerprint density at radius 1 is 0.569 bits per heavy atom. The lowest BCUT2D eigenvalue weighted by molar-refractivity contribution is -0.161. The number of esters is 2. The Labute approximate surface area is 312 Å². The minimum absolute atomic E-state index is 0.0525. The number of rotatable bonds is 39. The Kier molecular flexibility index (Phi) is 37.1. The lowest BCUT2D eigenvalue weighted by atomic mass is 10.1. The van der Waals surface area contributed by atoms with Crippen LogP contribution in [0.4, 0.5) is 0 Å². The van der Waals surface area contributed by atoms with E-state index in [0.29, 0.717) is 6.42 Å². The van der Waals surface area contributed by atoms with Crippen molar-refractivity contribution in [3.8, 4) is 0 Å². The number of unbranched alkanes of at least 4 members (excludes halogenated alkanes) is 22. The molecule has 0 fully saturated rings. The molecule has 0 aliphatic heterocycles. The van der Waals surface area contributed by atoms with Gasteiger partial charge in [0.15, 0.2) is 6.10 Å². The van der Waals surface area contributed by atoms with Crippen LogP contribution in [0.5, 0.6) is 0 Å². The summed E-state index contributed by atoms with van der Waals surface area (Å²) in [7, 11) is -4.37. The first-order valence-electron chi connectivity index (χ1n) is 20.8. The van der Waals surface area contributed by atoms with Crippen molar-refractivity contribution in [2.24, 2.45) is 5.73 Å². The largest absolute Gasteiger partial charge is 0.472 e. The van der Waals surface area contributed by atoms with Crippen LogP contribution in [0, 0.1) is 0 Å². The molecular weight excluding hydrogens is 665 g/mol. The van der Waals surface area contributed by atoms with Crippen LogP contribution in [0.15, 0.2) is 24.3 Å². The minimum Gasteiger partial charge on any atom is -0.462 e. The van der Waals surface area contributed by atoms with E-state index in [9.17, 15) is 19.0 Å². The first kappa shape index (κ1) is 49.5. The molecule has 300 valence electrons. The van der Waals surface area contributed by atoms with Crippen LogP contribution < -0.4 is 5.73 Å².